The van der Waals surface area contributed by atoms with Crippen LogP contribution in [0.3, 0.4) is 0 Å². The van der Waals surface area contributed by atoms with Gasteiger partial charge in [0.25, 0.3) is 5.91 Å². The van der Waals surface area contributed by atoms with E-state index in [0.29, 0.717) is 32.1 Å². The molecule has 1 aliphatic heterocycles. The maximum atomic E-state index is 13.8. The molecule has 1 saturated heterocycles. The molecule has 240 valence electrons. The number of thiol groups is 1. The zero-order chi connectivity index (χ0) is 32.7. The molecule has 2 aromatic heterocycles. The molecule has 0 saturated carbocycles. The number of anilines is 4. The van der Waals surface area contributed by atoms with Crippen molar-refractivity contribution in [2.45, 2.75) is 31.6 Å². The lowest BCUT2D eigenvalue weighted by Gasteiger charge is -2.31. The second-order valence-corrected chi connectivity index (χ2v) is 10.8. The van der Waals surface area contributed by atoms with Crippen molar-refractivity contribution in [3.8, 4) is 5.75 Å². The third-order valence-corrected chi connectivity index (χ3v) is 7.53. The fraction of sp³-hybridized carbons (Fsp3) is 0.333. The summed E-state index contributed by atoms with van der Waals surface area (Å²) in [6.45, 7) is 4.13. The van der Waals surface area contributed by atoms with Crippen LogP contribution in [-0.2, 0) is 28.4 Å². The maximum absolute atomic E-state index is 13.8. The van der Waals surface area contributed by atoms with Gasteiger partial charge in [0.15, 0.2) is 5.82 Å². The third-order valence-electron chi connectivity index (χ3n) is 6.85. The summed E-state index contributed by atoms with van der Waals surface area (Å²) >= 11 is 0. The average Bonchev–Trinajstić information content (AvgIpc) is 3.03. The molecule has 3 N–H and O–H groups in total. The lowest BCUT2D eigenvalue weighted by atomic mass is 10.0. The van der Waals surface area contributed by atoms with E-state index in [2.05, 4.69) is 42.5 Å². The molecule has 1 aromatic carbocycles. The van der Waals surface area contributed by atoms with Crippen LogP contribution in [0.15, 0.2) is 49.4 Å². The summed E-state index contributed by atoms with van der Waals surface area (Å²) in [5.41, 5.74) is -0.553. The Bertz CT molecular complexity index is 1640. The smallest absolute Gasteiger partial charge is 0.421 e. The molecule has 0 bridgehead atoms. The minimum atomic E-state index is -4.81. The molecule has 0 radical (unpaired) electrons. The predicted octanol–water partition coefficient (Wildman–Crippen LogP) is 2.52. The largest absolute Gasteiger partial charge is 0.495 e. The number of ether oxygens (including phenoxy) is 1. The molecule has 0 atom stereocenters. The topological polar surface area (TPSA) is 172 Å². The molecule has 0 spiro atoms. The van der Waals surface area contributed by atoms with Crippen LogP contribution in [0.5, 0.6) is 5.75 Å². The second-order valence-electron chi connectivity index (χ2n) is 9.71. The number of carbonyl (C=O) groups is 2. The Morgan fingerprint density at radius 2 is 1.89 bits per heavy atom. The lowest BCUT2D eigenvalue weighted by Crippen LogP contribution is -2.46. The highest BCUT2D eigenvalue weighted by molar-refractivity contribution is 7.74. The summed E-state index contributed by atoms with van der Waals surface area (Å²) in [5.74, 6) is -1.20. The van der Waals surface area contributed by atoms with Crippen LogP contribution in [0.4, 0.5) is 36.4 Å². The van der Waals surface area contributed by atoms with Crippen LogP contribution < -0.4 is 25.0 Å². The average molecular weight is 650 g/mol. The van der Waals surface area contributed by atoms with Gasteiger partial charge in [-0.15, -0.1) is 0 Å². The van der Waals surface area contributed by atoms with E-state index in [1.807, 2.05) is 0 Å². The molecule has 3 heterocycles. The van der Waals surface area contributed by atoms with Gasteiger partial charge >= 0.3 is 6.18 Å². The predicted molar refractivity (Wildman–Crippen MR) is 159 cm³/mol. The number of benzene rings is 1. The van der Waals surface area contributed by atoms with E-state index in [0.717, 1.165) is 4.31 Å². The Balaban J connectivity index is 1.50. The Morgan fingerprint density at radius 1 is 1.18 bits per heavy atom. The molecule has 14 nitrogen and oxygen atoms in total. The van der Waals surface area contributed by atoms with E-state index >= 15 is 0 Å². The highest BCUT2D eigenvalue weighted by Gasteiger charge is 2.35. The van der Waals surface area contributed by atoms with Gasteiger partial charge in [-0.2, -0.15) is 18.2 Å². The van der Waals surface area contributed by atoms with Crippen molar-refractivity contribution in [1.82, 2.24) is 30.2 Å². The first kappa shape index (κ1) is 32.9. The number of likely N-dealkylation sites (tertiary alicyclic amines) is 1. The number of carbonyl (C=O) groups excluding carboxylic acids is 2. The first-order valence-electron chi connectivity index (χ1n) is 13.4. The van der Waals surface area contributed by atoms with Gasteiger partial charge < -0.3 is 25.6 Å². The zero-order valence-corrected chi connectivity index (χ0v) is 25.1. The Kier molecular flexibility index (Phi) is 10.4. The summed E-state index contributed by atoms with van der Waals surface area (Å²) in [7, 11) is -0.474. The van der Waals surface area contributed by atoms with Crippen LogP contribution in [-0.4, -0.2) is 78.4 Å². The molecule has 0 unspecified atom stereocenters. The second kappa shape index (κ2) is 14.2. The van der Waals surface area contributed by atoms with Gasteiger partial charge in [0, 0.05) is 50.3 Å². The van der Waals surface area contributed by atoms with Gasteiger partial charge in [0.2, 0.25) is 22.7 Å². The number of piperidine rings is 1. The monoisotopic (exact) mass is 649 g/mol. The van der Waals surface area contributed by atoms with Gasteiger partial charge in [-0.05, 0) is 37.1 Å². The van der Waals surface area contributed by atoms with Crippen molar-refractivity contribution >= 4 is 46.0 Å². The number of aromatic nitrogens is 4. The van der Waals surface area contributed by atoms with Crippen molar-refractivity contribution in [1.29, 1.82) is 0 Å². The molecule has 18 heteroatoms. The van der Waals surface area contributed by atoms with E-state index in [1.165, 1.54) is 50.8 Å². The minimum Gasteiger partial charge on any atom is -0.495 e. The van der Waals surface area contributed by atoms with Crippen LogP contribution in [0, 0.1) is 0 Å². The zero-order valence-electron chi connectivity index (χ0n) is 24.2. The van der Waals surface area contributed by atoms with Crippen LogP contribution in [0.2, 0.25) is 0 Å². The van der Waals surface area contributed by atoms with E-state index in [9.17, 15) is 31.2 Å². The van der Waals surface area contributed by atoms with Crippen molar-refractivity contribution in [3.05, 3.63) is 66.3 Å². The van der Waals surface area contributed by atoms with Crippen molar-refractivity contribution in [2.75, 3.05) is 42.2 Å². The number of alkyl halides is 3. The van der Waals surface area contributed by atoms with Crippen LogP contribution in [0.1, 0.15) is 34.5 Å². The Labute approximate surface area is 257 Å². The first-order chi connectivity index (χ1) is 21.4. The number of halogens is 3. The molecule has 45 heavy (non-hydrogen) atoms. The molecular formula is C27H30F3N9O5S. The molecule has 1 aliphatic rings. The summed E-state index contributed by atoms with van der Waals surface area (Å²) in [6.07, 6.45) is 0.723. The number of rotatable bonds is 11. The lowest BCUT2D eigenvalue weighted by molar-refractivity contribution is -0.137. The van der Waals surface area contributed by atoms with Crippen molar-refractivity contribution in [2.24, 2.45) is 0 Å². The minimum absolute atomic E-state index is 0.0618. The normalized spacial score (nSPS) is 13.7. The van der Waals surface area contributed by atoms with Crippen LogP contribution >= 0.6 is 0 Å². The van der Waals surface area contributed by atoms with Crippen LogP contribution in [0.25, 0.3) is 0 Å². The molecule has 2 amide bonds. The standard InChI is InChI=1S/C27H30F3N9O5S/c1-4-22(40)39-11-7-17(8-12-39)35-25(41)16-5-6-19(21(13-16)44-3)36-26-34-14-18(27(28,29)30)23(37-26)33-15-20-24(32-10-9-31-20)38(2)45(42)43/h4-6,9-10,13-14,17,45H,1,7-8,11-12,15H2,2-3H3,(H,35,41)(H2,33,34,36,37). The van der Waals surface area contributed by atoms with E-state index in [-0.39, 0.29) is 58.9 Å². The highest BCUT2D eigenvalue weighted by Crippen LogP contribution is 2.35. The first-order valence-corrected chi connectivity index (χ1v) is 14.6. The number of hydrogen-bond acceptors (Lipinski definition) is 11. The van der Waals surface area contributed by atoms with Crippen molar-refractivity contribution < 1.29 is 35.9 Å². The van der Waals surface area contributed by atoms with Gasteiger partial charge in [0.1, 0.15) is 22.8 Å². The fourth-order valence-electron chi connectivity index (χ4n) is 4.48. The number of hydrogen-bond donors (Lipinski definition) is 4. The third kappa shape index (κ3) is 8.14. The van der Waals surface area contributed by atoms with E-state index in [1.54, 1.807) is 4.90 Å². The Hall–Kier alpha value is -5.00. The number of methoxy groups -OCH3 is 1. The molecule has 1 fully saturated rings. The number of amides is 2. The molecule has 4 rings (SSSR count). The van der Waals surface area contributed by atoms with Gasteiger partial charge in [-0.25, -0.2) is 18.4 Å². The molecule has 0 aliphatic carbocycles. The van der Waals surface area contributed by atoms with Gasteiger partial charge in [-0.3, -0.25) is 18.9 Å². The summed E-state index contributed by atoms with van der Waals surface area (Å²) in [4.78, 5) is 42.1. The van der Waals surface area contributed by atoms with E-state index < -0.39 is 28.4 Å². The molecule has 3 aromatic rings. The highest BCUT2D eigenvalue weighted by atomic mass is 32.2. The maximum Gasteiger partial charge on any atom is 0.421 e. The SMILES string of the molecule is C=CC(=O)N1CCC(NC(=O)c2ccc(Nc3ncc(C(F)(F)F)c(NCc4nccnc4N(C)[SH](=O)=O)n3)c(OC)c2)CC1. The molecular weight excluding hydrogens is 619 g/mol. The summed E-state index contributed by atoms with van der Waals surface area (Å²) < 4.78 is 70.4. The summed E-state index contributed by atoms with van der Waals surface area (Å²) in [5, 5.41) is 8.30. The van der Waals surface area contributed by atoms with Gasteiger partial charge in [0.05, 0.1) is 19.3 Å². The van der Waals surface area contributed by atoms with Gasteiger partial charge in [-0.1, -0.05) is 6.58 Å². The van der Waals surface area contributed by atoms with Crippen molar-refractivity contribution in [3.63, 3.8) is 0 Å². The Morgan fingerprint density at radius 3 is 2.53 bits per heavy atom. The van der Waals surface area contributed by atoms with E-state index in [4.69, 9.17) is 4.74 Å². The summed E-state index contributed by atoms with van der Waals surface area (Å²) in [6, 6.07) is 4.33. The number of nitrogens with one attached hydrogen (secondary N) is 3. The fourth-order valence-corrected chi connectivity index (χ4v) is 4.80. The number of nitrogens with zero attached hydrogens (tertiary/aromatic N) is 6. The quantitative estimate of drug-likeness (QED) is 0.178.